The fourth-order valence-corrected chi connectivity index (χ4v) is 3.64. The van der Waals surface area contributed by atoms with Crippen LogP contribution in [-0.4, -0.2) is 21.7 Å². The molecule has 2 heterocycles. The van der Waals surface area contributed by atoms with Crippen LogP contribution in [0.5, 0.6) is 5.75 Å². The molecule has 1 saturated heterocycles. The first-order valence-electron chi connectivity index (χ1n) is 7.52. The Kier molecular flexibility index (Phi) is 6.93. The van der Waals surface area contributed by atoms with Gasteiger partial charge in [-0.15, -0.1) is 0 Å². The number of allylic oxidation sites excluding steroid dienone is 4. The Balaban J connectivity index is 0.00000225. The molecule has 0 spiro atoms. The normalized spacial score (nSPS) is 20.2. The van der Waals surface area contributed by atoms with Gasteiger partial charge in [0.05, 0.1) is 10.6 Å². The topological polar surface area (TPSA) is 32.8 Å². The van der Waals surface area contributed by atoms with Crippen molar-refractivity contribution in [2.45, 2.75) is 13.8 Å². The third kappa shape index (κ3) is 4.20. The Morgan fingerprint density at radius 3 is 2.76 bits per heavy atom. The number of nitrogens with zero attached hydrogens (tertiary/aromatic N) is 2. The van der Waals surface area contributed by atoms with Crippen LogP contribution in [0.4, 0.5) is 5.69 Å². The van der Waals surface area contributed by atoms with E-state index in [-0.39, 0.29) is 35.5 Å². The summed E-state index contributed by atoms with van der Waals surface area (Å²) in [6, 6.07) is 7.94. The van der Waals surface area contributed by atoms with E-state index in [1.165, 1.54) is 16.7 Å². The van der Waals surface area contributed by atoms with E-state index in [4.69, 9.17) is 17.0 Å². The second-order valence-corrected chi connectivity index (χ2v) is 7.02. The first-order chi connectivity index (χ1) is 11.5. The van der Waals surface area contributed by atoms with E-state index < -0.39 is 0 Å². The van der Waals surface area contributed by atoms with Crippen molar-refractivity contribution in [2.75, 3.05) is 11.4 Å². The second-order valence-electron chi connectivity index (χ2n) is 5.34. The number of amides is 1. The van der Waals surface area contributed by atoms with E-state index in [0.29, 0.717) is 9.23 Å². The van der Waals surface area contributed by atoms with Crippen molar-refractivity contribution in [3.05, 3.63) is 65.9 Å². The van der Waals surface area contributed by atoms with Gasteiger partial charge in [-0.2, -0.15) is 0 Å². The molecule has 0 bridgehead atoms. The summed E-state index contributed by atoms with van der Waals surface area (Å²) >= 11 is 6.34. The van der Waals surface area contributed by atoms with E-state index >= 15 is 0 Å². The Morgan fingerprint density at radius 2 is 2.12 bits per heavy atom. The fraction of sp³-hybridized carbons (Fsp3) is 0.167. The minimum absolute atomic E-state index is 0. The molecule has 0 unspecified atom stereocenters. The molecule has 7 heteroatoms. The zero-order chi connectivity index (χ0) is 17.3. The summed E-state index contributed by atoms with van der Waals surface area (Å²) in [5.41, 5.74) is 2.00. The minimum Gasteiger partial charge on any atom is -0.448 e. The maximum absolute atomic E-state index is 12.0. The largest absolute Gasteiger partial charge is 1.00 e. The van der Waals surface area contributed by atoms with Crippen molar-refractivity contribution in [2.24, 2.45) is 0 Å². The molecule has 2 aliphatic rings. The van der Waals surface area contributed by atoms with Gasteiger partial charge in [-0.1, -0.05) is 42.2 Å². The number of rotatable bonds is 3. The number of hydrogen-bond acceptors (Lipinski definition) is 5. The first kappa shape index (κ1) is 20.3. The molecule has 1 amide bonds. The van der Waals surface area contributed by atoms with Crippen LogP contribution >= 0.6 is 24.0 Å². The molecule has 0 aliphatic carbocycles. The van der Waals surface area contributed by atoms with Crippen LogP contribution in [0, 0.1) is 7.05 Å². The molecule has 1 fully saturated rings. The summed E-state index contributed by atoms with van der Waals surface area (Å²) in [6.45, 7) is 4.83. The third-order valence-electron chi connectivity index (χ3n) is 3.67. The van der Waals surface area contributed by atoms with Gasteiger partial charge in [0, 0.05) is 6.54 Å². The van der Waals surface area contributed by atoms with Crippen LogP contribution in [0.2, 0.25) is 0 Å². The van der Waals surface area contributed by atoms with Gasteiger partial charge in [-0.05, 0) is 43.7 Å². The molecule has 3 rings (SSSR count). The number of carbonyl (C=O) groups is 1. The van der Waals surface area contributed by atoms with Gasteiger partial charge in [0.25, 0.3) is 0 Å². The molecular formula is C18H17N2NaO2S2. The van der Waals surface area contributed by atoms with Crippen molar-refractivity contribution in [3.8, 4) is 5.75 Å². The third-order valence-corrected chi connectivity index (χ3v) is 5.05. The number of fused-ring (bicyclic) bond motifs is 1. The molecule has 0 atom stereocenters. The zero-order valence-corrected chi connectivity index (χ0v) is 18.1. The molecule has 0 radical (unpaired) electrons. The number of anilines is 1. The quantitative estimate of drug-likeness (QED) is 0.341. The van der Waals surface area contributed by atoms with Crippen molar-refractivity contribution in [1.82, 2.24) is 4.90 Å². The Labute approximate surface area is 179 Å². The minimum atomic E-state index is -0.162. The number of benzene rings is 1. The number of carbonyl (C=O) groups excluding carboxylic acids is 1. The van der Waals surface area contributed by atoms with E-state index in [1.807, 2.05) is 49.4 Å². The van der Waals surface area contributed by atoms with Crippen LogP contribution in [0.15, 0.2) is 58.9 Å². The van der Waals surface area contributed by atoms with E-state index in [2.05, 4.69) is 18.9 Å². The average Bonchev–Trinajstić information content (AvgIpc) is 3.05. The molecule has 2 aliphatic heterocycles. The number of hydrogen-bond donors (Lipinski definition) is 0. The van der Waals surface area contributed by atoms with Crippen molar-refractivity contribution >= 4 is 39.9 Å². The molecule has 0 saturated carbocycles. The molecular weight excluding hydrogens is 363 g/mol. The monoisotopic (exact) mass is 380 g/mol. The van der Waals surface area contributed by atoms with Gasteiger partial charge in [-0.3, -0.25) is 4.79 Å². The maximum Gasteiger partial charge on any atom is 1.00 e. The van der Waals surface area contributed by atoms with Gasteiger partial charge < -0.3 is 14.5 Å². The number of para-hydroxylation sites is 2. The van der Waals surface area contributed by atoms with Crippen molar-refractivity contribution < 1.29 is 39.1 Å². The summed E-state index contributed by atoms with van der Waals surface area (Å²) in [5.74, 6) is 1.47. The van der Waals surface area contributed by atoms with E-state index in [0.717, 1.165) is 29.4 Å². The average molecular weight is 380 g/mol. The SMILES string of the molecule is [CH2-]N1C(=O)\C(=C/C(C)=C/C=C2\Oc3ccccc3N2CC)SC1=S.[Na+]. The number of ether oxygens (including phenoxy) is 1. The number of thiocarbonyl (C=S) groups is 1. The van der Waals surface area contributed by atoms with Gasteiger partial charge in [0.1, 0.15) is 4.32 Å². The smallest absolute Gasteiger partial charge is 0.448 e. The van der Waals surface area contributed by atoms with Crippen LogP contribution in [0.1, 0.15) is 13.8 Å². The summed E-state index contributed by atoms with van der Waals surface area (Å²) < 4.78 is 6.37. The molecule has 0 aromatic heterocycles. The Morgan fingerprint density at radius 1 is 1.40 bits per heavy atom. The van der Waals surface area contributed by atoms with Crippen molar-refractivity contribution in [3.63, 3.8) is 0 Å². The van der Waals surface area contributed by atoms with Gasteiger partial charge in [0.2, 0.25) is 11.8 Å². The van der Waals surface area contributed by atoms with Gasteiger partial charge in [-0.25, -0.2) is 7.05 Å². The fourth-order valence-electron chi connectivity index (χ4n) is 2.46. The predicted octanol–water partition coefficient (Wildman–Crippen LogP) is 1.23. The van der Waals surface area contributed by atoms with Crippen molar-refractivity contribution in [1.29, 1.82) is 0 Å². The van der Waals surface area contributed by atoms with Gasteiger partial charge in [0.15, 0.2) is 5.75 Å². The molecule has 25 heavy (non-hydrogen) atoms. The molecule has 1 aromatic carbocycles. The summed E-state index contributed by atoms with van der Waals surface area (Å²) in [7, 11) is 3.63. The summed E-state index contributed by atoms with van der Waals surface area (Å²) in [6.07, 6.45) is 5.67. The molecule has 0 N–H and O–H groups in total. The van der Waals surface area contributed by atoms with Crippen LogP contribution < -0.4 is 39.2 Å². The second kappa shape index (κ2) is 8.56. The number of thioether (sulfide) groups is 1. The van der Waals surface area contributed by atoms with E-state index in [9.17, 15) is 4.79 Å². The summed E-state index contributed by atoms with van der Waals surface area (Å²) in [4.78, 5) is 15.9. The zero-order valence-electron chi connectivity index (χ0n) is 14.5. The Hall–Kier alpha value is -1.05. The van der Waals surface area contributed by atoms with Crippen LogP contribution in [-0.2, 0) is 4.79 Å². The molecule has 124 valence electrons. The Bertz CT molecular complexity index is 802. The molecule has 4 nitrogen and oxygen atoms in total. The maximum atomic E-state index is 12.0. The standard InChI is InChI=1S/C18H17N2O2S2.Na/c1-4-20-13-7-5-6-8-14(13)22-16(20)10-9-12(2)11-15-17(21)19(3)18(23)24-15;/h5-11H,3-4H2,1-2H3;/q-1;+1/b12-9+,15-11+,16-10-;. The van der Waals surface area contributed by atoms with Crippen LogP contribution in [0.25, 0.3) is 0 Å². The predicted molar refractivity (Wildman–Crippen MR) is 102 cm³/mol. The molecule has 1 aromatic rings. The van der Waals surface area contributed by atoms with Crippen LogP contribution in [0.3, 0.4) is 0 Å². The van der Waals surface area contributed by atoms with E-state index in [1.54, 1.807) is 0 Å². The first-order valence-corrected chi connectivity index (χ1v) is 8.75. The van der Waals surface area contributed by atoms with Gasteiger partial charge >= 0.3 is 29.6 Å². The summed E-state index contributed by atoms with van der Waals surface area (Å²) in [5, 5.41) is 0.